The number of hydrogen-bond acceptors (Lipinski definition) is 3. The fourth-order valence-electron chi connectivity index (χ4n) is 1.80. The Morgan fingerprint density at radius 1 is 0.895 bits per heavy atom. The molecule has 0 heterocycles. The quantitative estimate of drug-likeness (QED) is 0.640. The van der Waals surface area contributed by atoms with Gasteiger partial charge in [-0.2, -0.15) is 0 Å². The van der Waals surface area contributed by atoms with E-state index in [1.165, 1.54) is 0 Å². The predicted molar refractivity (Wildman–Crippen MR) is 64.7 cm³/mol. The molecule has 102 valence electrons. The first kappa shape index (κ1) is 14.7. The molecule has 19 heavy (non-hydrogen) atoms. The third-order valence-electron chi connectivity index (χ3n) is 2.96. The Hall–Kier alpha value is -2.37. The summed E-state index contributed by atoms with van der Waals surface area (Å²) in [5.74, 6) is -5.54. The molecular weight excluding hydrogens is 252 g/mol. The molecule has 0 radical (unpaired) electrons. The Balaban J connectivity index is 2.77. The van der Waals surface area contributed by atoms with E-state index >= 15 is 0 Å². The number of aryl methyl sites for hydroxylation is 1. The number of rotatable bonds is 7. The zero-order valence-corrected chi connectivity index (χ0v) is 10.1. The highest BCUT2D eigenvalue weighted by molar-refractivity contribution is 6.16. The first-order chi connectivity index (χ1) is 8.91. The molecule has 6 nitrogen and oxygen atoms in total. The monoisotopic (exact) mass is 266 g/mol. The van der Waals surface area contributed by atoms with Gasteiger partial charge in [-0.15, -0.1) is 0 Å². The minimum absolute atomic E-state index is 0.162. The van der Waals surface area contributed by atoms with Gasteiger partial charge in [-0.05, 0) is 24.8 Å². The van der Waals surface area contributed by atoms with Gasteiger partial charge in [0.05, 0.1) is 0 Å². The minimum atomic E-state index is -2.77. The molecule has 1 rings (SSSR count). The van der Waals surface area contributed by atoms with Gasteiger partial charge in [0.2, 0.25) is 0 Å². The summed E-state index contributed by atoms with van der Waals surface area (Å²) in [5, 5.41) is 26.7. The Bertz CT molecular complexity index is 443. The minimum Gasteiger partial charge on any atom is -0.480 e. The topological polar surface area (TPSA) is 112 Å². The first-order valence-electron chi connectivity index (χ1n) is 5.65. The van der Waals surface area contributed by atoms with Gasteiger partial charge in [0.15, 0.2) is 0 Å². The van der Waals surface area contributed by atoms with Crippen LogP contribution in [0.2, 0.25) is 0 Å². The van der Waals surface area contributed by atoms with Crippen molar-refractivity contribution in [1.29, 1.82) is 0 Å². The molecule has 0 aliphatic carbocycles. The molecule has 0 saturated carbocycles. The summed E-state index contributed by atoms with van der Waals surface area (Å²) in [6.45, 7) is 0. The van der Waals surface area contributed by atoms with E-state index in [1.807, 2.05) is 18.2 Å². The normalized spacial score (nSPS) is 10.9. The molecule has 0 atom stereocenters. The van der Waals surface area contributed by atoms with Gasteiger partial charge >= 0.3 is 17.9 Å². The largest absolute Gasteiger partial charge is 0.480 e. The highest BCUT2D eigenvalue weighted by Gasteiger charge is 2.53. The van der Waals surface area contributed by atoms with Crippen molar-refractivity contribution in [2.24, 2.45) is 5.41 Å². The summed E-state index contributed by atoms with van der Waals surface area (Å²) in [6.07, 6.45) is 0.132. The van der Waals surface area contributed by atoms with Gasteiger partial charge in [-0.1, -0.05) is 30.3 Å². The fourth-order valence-corrected chi connectivity index (χ4v) is 1.80. The molecule has 0 saturated heterocycles. The molecule has 3 N–H and O–H groups in total. The van der Waals surface area contributed by atoms with Crippen molar-refractivity contribution in [3.63, 3.8) is 0 Å². The lowest BCUT2D eigenvalue weighted by Gasteiger charge is -2.19. The van der Waals surface area contributed by atoms with Gasteiger partial charge in [0.1, 0.15) is 0 Å². The zero-order valence-electron chi connectivity index (χ0n) is 10.1. The maximum Gasteiger partial charge on any atom is 0.332 e. The smallest absolute Gasteiger partial charge is 0.332 e. The predicted octanol–water partition coefficient (Wildman–Crippen LogP) is 1.25. The van der Waals surface area contributed by atoms with E-state index in [2.05, 4.69) is 0 Å². The molecular formula is C13H14O6. The summed E-state index contributed by atoms with van der Waals surface area (Å²) in [6, 6.07) is 9.04. The SMILES string of the molecule is O=C(O)C(CCCc1ccccc1)(C(=O)O)C(=O)O. The van der Waals surface area contributed by atoms with Crippen molar-refractivity contribution < 1.29 is 29.7 Å². The molecule has 0 spiro atoms. The van der Waals surface area contributed by atoms with E-state index < -0.39 is 29.7 Å². The van der Waals surface area contributed by atoms with Crippen LogP contribution in [0.5, 0.6) is 0 Å². The van der Waals surface area contributed by atoms with Crippen molar-refractivity contribution in [2.75, 3.05) is 0 Å². The van der Waals surface area contributed by atoms with Crippen LogP contribution in [0, 0.1) is 5.41 Å². The lowest BCUT2D eigenvalue weighted by molar-refractivity contribution is -0.176. The summed E-state index contributed by atoms with van der Waals surface area (Å²) in [4.78, 5) is 33.0. The molecule has 0 aliphatic rings. The number of carboxylic acids is 3. The maximum absolute atomic E-state index is 11.0. The van der Waals surface area contributed by atoms with Crippen molar-refractivity contribution >= 4 is 17.9 Å². The van der Waals surface area contributed by atoms with E-state index in [0.717, 1.165) is 5.56 Å². The number of carboxylic acid groups (broad SMARTS) is 3. The van der Waals surface area contributed by atoms with Gasteiger partial charge in [-0.25, -0.2) is 0 Å². The Labute approximate surface area is 109 Å². The Morgan fingerprint density at radius 2 is 1.37 bits per heavy atom. The number of hydrogen-bond donors (Lipinski definition) is 3. The maximum atomic E-state index is 11.0. The van der Waals surface area contributed by atoms with Gasteiger partial charge < -0.3 is 15.3 Å². The second-order valence-corrected chi connectivity index (χ2v) is 4.16. The van der Waals surface area contributed by atoms with E-state index in [4.69, 9.17) is 15.3 Å². The standard InChI is InChI=1S/C13H14O6/c14-10(15)13(11(16)17,12(18)19)8-4-7-9-5-2-1-3-6-9/h1-3,5-6H,4,7-8H2,(H,14,15)(H,16,17)(H,18,19). The molecule has 0 fully saturated rings. The van der Waals surface area contributed by atoms with E-state index in [1.54, 1.807) is 12.1 Å². The van der Waals surface area contributed by atoms with E-state index in [0.29, 0.717) is 6.42 Å². The fraction of sp³-hybridized carbons (Fsp3) is 0.308. The van der Waals surface area contributed by atoms with Crippen LogP contribution in [-0.2, 0) is 20.8 Å². The Morgan fingerprint density at radius 3 is 1.79 bits per heavy atom. The van der Waals surface area contributed by atoms with Crippen LogP contribution >= 0.6 is 0 Å². The van der Waals surface area contributed by atoms with Crippen molar-refractivity contribution in [1.82, 2.24) is 0 Å². The molecule has 0 unspecified atom stereocenters. The lowest BCUT2D eigenvalue weighted by atomic mass is 9.82. The van der Waals surface area contributed by atoms with Crippen LogP contribution in [-0.4, -0.2) is 33.2 Å². The molecule has 0 bridgehead atoms. The van der Waals surface area contributed by atoms with Crippen molar-refractivity contribution in [3.8, 4) is 0 Å². The van der Waals surface area contributed by atoms with Crippen LogP contribution in [0.1, 0.15) is 18.4 Å². The Kier molecular flexibility index (Phi) is 4.63. The number of carbonyl (C=O) groups is 3. The molecule has 1 aromatic carbocycles. The van der Waals surface area contributed by atoms with E-state index in [-0.39, 0.29) is 6.42 Å². The van der Waals surface area contributed by atoms with Gasteiger partial charge in [0.25, 0.3) is 5.41 Å². The molecule has 0 aromatic heterocycles. The second-order valence-electron chi connectivity index (χ2n) is 4.16. The molecule has 1 aromatic rings. The molecule has 6 heteroatoms. The number of aliphatic carboxylic acids is 3. The molecule has 0 amide bonds. The zero-order chi connectivity index (χ0) is 14.5. The second kappa shape index (κ2) is 5.99. The lowest BCUT2D eigenvalue weighted by Crippen LogP contribution is -2.46. The third kappa shape index (κ3) is 3.09. The summed E-state index contributed by atoms with van der Waals surface area (Å²) < 4.78 is 0. The first-order valence-corrected chi connectivity index (χ1v) is 5.65. The van der Waals surface area contributed by atoms with Crippen LogP contribution in [0.15, 0.2) is 30.3 Å². The van der Waals surface area contributed by atoms with Crippen LogP contribution in [0.25, 0.3) is 0 Å². The summed E-state index contributed by atoms with van der Waals surface area (Å²) in [7, 11) is 0. The van der Waals surface area contributed by atoms with Crippen molar-refractivity contribution in [3.05, 3.63) is 35.9 Å². The average Bonchev–Trinajstić information content (AvgIpc) is 2.34. The van der Waals surface area contributed by atoms with Crippen LogP contribution in [0.3, 0.4) is 0 Å². The highest BCUT2D eigenvalue weighted by atomic mass is 16.4. The van der Waals surface area contributed by atoms with Crippen LogP contribution < -0.4 is 0 Å². The van der Waals surface area contributed by atoms with Gasteiger partial charge in [-0.3, -0.25) is 14.4 Å². The molecule has 0 aliphatic heterocycles. The van der Waals surface area contributed by atoms with E-state index in [9.17, 15) is 14.4 Å². The third-order valence-corrected chi connectivity index (χ3v) is 2.96. The summed E-state index contributed by atoms with van der Waals surface area (Å²) in [5.41, 5.74) is -1.87. The van der Waals surface area contributed by atoms with Crippen LogP contribution in [0.4, 0.5) is 0 Å². The highest BCUT2D eigenvalue weighted by Crippen LogP contribution is 2.26. The average molecular weight is 266 g/mol. The number of benzene rings is 1. The summed E-state index contributed by atoms with van der Waals surface area (Å²) >= 11 is 0. The van der Waals surface area contributed by atoms with Gasteiger partial charge in [0, 0.05) is 0 Å². The van der Waals surface area contributed by atoms with Crippen molar-refractivity contribution in [2.45, 2.75) is 19.3 Å².